The van der Waals surface area contributed by atoms with Gasteiger partial charge in [-0.25, -0.2) is 4.98 Å². The lowest BCUT2D eigenvalue weighted by Gasteiger charge is -2.37. The molecule has 21 heavy (non-hydrogen) atoms. The molecule has 1 aromatic rings. The van der Waals surface area contributed by atoms with Crippen molar-refractivity contribution in [1.29, 1.82) is 0 Å². The van der Waals surface area contributed by atoms with Crippen LogP contribution in [0.3, 0.4) is 0 Å². The van der Waals surface area contributed by atoms with Gasteiger partial charge in [0, 0.05) is 30.8 Å². The molecule has 114 valence electrons. The molecule has 2 fully saturated rings. The Bertz CT molecular complexity index is 520. The van der Waals surface area contributed by atoms with Gasteiger partial charge in [-0.05, 0) is 49.1 Å². The van der Waals surface area contributed by atoms with E-state index in [-0.39, 0.29) is 11.8 Å². The van der Waals surface area contributed by atoms with Gasteiger partial charge in [0.1, 0.15) is 0 Å². The van der Waals surface area contributed by atoms with Gasteiger partial charge in [0.2, 0.25) is 11.8 Å². The molecule has 5 nitrogen and oxygen atoms in total. The summed E-state index contributed by atoms with van der Waals surface area (Å²) in [7, 11) is 1.60. The number of ether oxygens (including phenoxy) is 1. The summed E-state index contributed by atoms with van der Waals surface area (Å²) < 4.78 is 5.09. The molecule has 3 N–H and O–H groups in total. The van der Waals surface area contributed by atoms with Crippen LogP contribution >= 0.6 is 0 Å². The quantitative estimate of drug-likeness (QED) is 0.851. The van der Waals surface area contributed by atoms with Gasteiger partial charge >= 0.3 is 0 Å². The van der Waals surface area contributed by atoms with E-state index < -0.39 is 0 Å². The molecular formula is C16H23N3O2. The van der Waals surface area contributed by atoms with Crippen molar-refractivity contribution < 1.29 is 9.53 Å². The van der Waals surface area contributed by atoms with Crippen LogP contribution in [0, 0.1) is 17.8 Å². The molecule has 0 spiro atoms. The standard InChI is InChI=1S/C16H23N3O2/c1-21-15-6-10(2-4-18-15)3-5-19-16(20)12-7-11-9-14(17)13(11)8-12/h2,4,6,11-14H,3,5,7-9,17H2,1H3,(H,19,20)/t11-,12?,13-,14+/m1/s1. The summed E-state index contributed by atoms with van der Waals surface area (Å²) in [5, 5.41) is 3.05. The zero-order chi connectivity index (χ0) is 14.8. The van der Waals surface area contributed by atoms with Gasteiger partial charge in [0.25, 0.3) is 0 Å². The van der Waals surface area contributed by atoms with Crippen molar-refractivity contribution in [2.75, 3.05) is 13.7 Å². The Labute approximate surface area is 125 Å². The molecule has 2 saturated carbocycles. The van der Waals surface area contributed by atoms with E-state index in [0.29, 0.717) is 30.3 Å². The Hall–Kier alpha value is -1.62. The number of pyridine rings is 1. The summed E-state index contributed by atoms with van der Waals surface area (Å²) in [6.45, 7) is 0.657. The van der Waals surface area contributed by atoms with E-state index in [1.807, 2.05) is 12.1 Å². The van der Waals surface area contributed by atoms with Crippen molar-refractivity contribution in [2.45, 2.75) is 31.7 Å². The van der Waals surface area contributed by atoms with Gasteiger partial charge in [0.05, 0.1) is 7.11 Å². The SMILES string of the molecule is COc1cc(CCNC(=O)C2C[C@@H]3C[C@H](N)[C@@H]3C2)ccn1. The average molecular weight is 289 g/mol. The number of nitrogens with one attached hydrogen (secondary N) is 1. The lowest BCUT2D eigenvalue weighted by Crippen LogP contribution is -2.44. The van der Waals surface area contributed by atoms with E-state index in [4.69, 9.17) is 10.5 Å². The predicted molar refractivity (Wildman–Crippen MR) is 79.8 cm³/mol. The van der Waals surface area contributed by atoms with Crippen molar-refractivity contribution in [1.82, 2.24) is 10.3 Å². The molecular weight excluding hydrogens is 266 g/mol. The Balaban J connectivity index is 1.44. The highest BCUT2D eigenvalue weighted by molar-refractivity contribution is 5.79. The van der Waals surface area contributed by atoms with Gasteiger partial charge in [-0.3, -0.25) is 4.79 Å². The van der Waals surface area contributed by atoms with Crippen molar-refractivity contribution >= 4 is 5.91 Å². The largest absolute Gasteiger partial charge is 0.481 e. The first-order chi connectivity index (χ1) is 10.2. The zero-order valence-corrected chi connectivity index (χ0v) is 12.4. The number of methoxy groups -OCH3 is 1. The molecule has 5 heteroatoms. The number of carbonyl (C=O) groups excluding carboxylic acids is 1. The first-order valence-electron chi connectivity index (χ1n) is 7.69. The number of amides is 1. The number of hydrogen-bond donors (Lipinski definition) is 2. The summed E-state index contributed by atoms with van der Waals surface area (Å²) >= 11 is 0. The molecule has 1 heterocycles. The fourth-order valence-corrected chi connectivity index (χ4v) is 3.69. The fraction of sp³-hybridized carbons (Fsp3) is 0.625. The molecule has 0 aromatic carbocycles. The Morgan fingerprint density at radius 2 is 2.33 bits per heavy atom. The maximum atomic E-state index is 12.2. The third-order valence-electron chi connectivity index (χ3n) is 4.97. The number of carbonyl (C=O) groups is 1. The number of nitrogens with zero attached hydrogens (tertiary/aromatic N) is 1. The van der Waals surface area contributed by atoms with E-state index in [9.17, 15) is 4.79 Å². The predicted octanol–water partition coefficient (Wildman–Crippen LogP) is 1.12. The van der Waals surface area contributed by atoms with Crippen LogP contribution in [0.4, 0.5) is 0 Å². The molecule has 0 saturated heterocycles. The lowest BCUT2D eigenvalue weighted by molar-refractivity contribution is -0.124. The number of nitrogens with two attached hydrogens (primary N) is 1. The highest BCUT2D eigenvalue weighted by Gasteiger charge is 2.47. The van der Waals surface area contributed by atoms with Crippen LogP contribution in [0.1, 0.15) is 24.8 Å². The van der Waals surface area contributed by atoms with Crippen LogP contribution in [-0.4, -0.2) is 30.6 Å². The monoisotopic (exact) mass is 289 g/mol. The number of fused-ring (bicyclic) bond motifs is 1. The normalized spacial score (nSPS) is 30.4. The van der Waals surface area contributed by atoms with Crippen molar-refractivity contribution in [3.05, 3.63) is 23.9 Å². The van der Waals surface area contributed by atoms with Gasteiger partial charge in [-0.2, -0.15) is 0 Å². The molecule has 3 rings (SSSR count). The van der Waals surface area contributed by atoms with Crippen molar-refractivity contribution in [3.8, 4) is 5.88 Å². The second-order valence-corrected chi connectivity index (χ2v) is 6.24. The third-order valence-corrected chi connectivity index (χ3v) is 4.97. The second kappa shape index (κ2) is 6.02. The first kappa shape index (κ1) is 14.3. The minimum absolute atomic E-state index is 0.167. The van der Waals surface area contributed by atoms with E-state index in [1.165, 1.54) is 0 Å². The molecule has 0 radical (unpaired) electrons. The van der Waals surface area contributed by atoms with E-state index >= 15 is 0 Å². The minimum Gasteiger partial charge on any atom is -0.481 e. The van der Waals surface area contributed by atoms with Gasteiger partial charge in [-0.1, -0.05) is 0 Å². The number of rotatable bonds is 5. The molecule has 4 atom stereocenters. The van der Waals surface area contributed by atoms with Crippen LogP contribution in [0.2, 0.25) is 0 Å². The zero-order valence-electron chi connectivity index (χ0n) is 12.4. The first-order valence-corrected chi connectivity index (χ1v) is 7.69. The highest BCUT2D eigenvalue weighted by atomic mass is 16.5. The van der Waals surface area contributed by atoms with Crippen LogP contribution in [-0.2, 0) is 11.2 Å². The van der Waals surface area contributed by atoms with E-state index in [0.717, 1.165) is 31.2 Å². The maximum Gasteiger partial charge on any atom is 0.223 e. The minimum atomic E-state index is 0.167. The van der Waals surface area contributed by atoms with Crippen LogP contribution in [0.5, 0.6) is 5.88 Å². The molecule has 2 aliphatic carbocycles. The molecule has 1 amide bonds. The van der Waals surface area contributed by atoms with E-state index in [2.05, 4.69) is 10.3 Å². The Kier molecular flexibility index (Phi) is 4.10. The van der Waals surface area contributed by atoms with Gasteiger partial charge < -0.3 is 15.8 Å². The van der Waals surface area contributed by atoms with Crippen LogP contribution in [0.15, 0.2) is 18.3 Å². The Morgan fingerprint density at radius 3 is 3.05 bits per heavy atom. The number of hydrogen-bond acceptors (Lipinski definition) is 4. The maximum absolute atomic E-state index is 12.2. The molecule has 0 bridgehead atoms. The summed E-state index contributed by atoms with van der Waals surface area (Å²) in [4.78, 5) is 16.3. The molecule has 1 aromatic heterocycles. The number of aromatic nitrogens is 1. The summed E-state index contributed by atoms with van der Waals surface area (Å²) in [6.07, 6.45) is 5.62. The third kappa shape index (κ3) is 3.02. The summed E-state index contributed by atoms with van der Waals surface area (Å²) in [6, 6.07) is 4.18. The van der Waals surface area contributed by atoms with Crippen molar-refractivity contribution in [3.63, 3.8) is 0 Å². The average Bonchev–Trinajstić information content (AvgIpc) is 2.84. The Morgan fingerprint density at radius 1 is 1.48 bits per heavy atom. The molecule has 2 aliphatic rings. The van der Waals surface area contributed by atoms with E-state index in [1.54, 1.807) is 13.3 Å². The second-order valence-electron chi connectivity index (χ2n) is 6.24. The van der Waals surface area contributed by atoms with Gasteiger partial charge in [-0.15, -0.1) is 0 Å². The summed E-state index contributed by atoms with van der Waals surface area (Å²) in [5.41, 5.74) is 7.10. The lowest BCUT2D eigenvalue weighted by atomic mass is 9.72. The summed E-state index contributed by atoms with van der Waals surface area (Å²) in [5.74, 6) is 2.25. The van der Waals surface area contributed by atoms with Crippen LogP contribution in [0.25, 0.3) is 0 Å². The van der Waals surface area contributed by atoms with Crippen LogP contribution < -0.4 is 15.8 Å². The fourth-order valence-electron chi connectivity index (χ4n) is 3.69. The van der Waals surface area contributed by atoms with Gasteiger partial charge in [0.15, 0.2) is 0 Å². The highest BCUT2D eigenvalue weighted by Crippen LogP contribution is 2.48. The van der Waals surface area contributed by atoms with Crippen molar-refractivity contribution in [2.24, 2.45) is 23.5 Å². The molecule has 1 unspecified atom stereocenters. The topological polar surface area (TPSA) is 77.2 Å². The smallest absolute Gasteiger partial charge is 0.223 e. The molecule has 0 aliphatic heterocycles.